The molecule has 0 unspecified atom stereocenters. The van der Waals surface area contributed by atoms with E-state index in [4.69, 9.17) is 9.47 Å². The van der Waals surface area contributed by atoms with E-state index in [0.29, 0.717) is 22.6 Å². The van der Waals surface area contributed by atoms with Gasteiger partial charge in [-0.1, -0.05) is 42.5 Å². The number of rotatable bonds is 6. The van der Waals surface area contributed by atoms with E-state index in [0.717, 1.165) is 5.56 Å². The number of hydrogen-bond acceptors (Lipinski definition) is 4. The molecule has 0 fully saturated rings. The van der Waals surface area contributed by atoms with Gasteiger partial charge in [-0.2, -0.15) is 0 Å². The summed E-state index contributed by atoms with van der Waals surface area (Å²) < 4.78 is 10.4. The van der Waals surface area contributed by atoms with E-state index >= 15 is 0 Å². The summed E-state index contributed by atoms with van der Waals surface area (Å²) in [5, 5.41) is 0. The summed E-state index contributed by atoms with van der Waals surface area (Å²) >= 11 is 0. The third kappa shape index (κ3) is 4.92. The summed E-state index contributed by atoms with van der Waals surface area (Å²) in [6, 6.07) is 22.8. The van der Waals surface area contributed by atoms with Crippen LogP contribution in [0.25, 0.3) is 6.08 Å². The number of hydrogen-bond donors (Lipinski definition) is 0. The van der Waals surface area contributed by atoms with Crippen LogP contribution in [0.2, 0.25) is 0 Å². The second-order valence-electron chi connectivity index (χ2n) is 5.75. The van der Waals surface area contributed by atoms with Crippen molar-refractivity contribution in [3.8, 4) is 11.5 Å². The Labute approximate surface area is 157 Å². The molecule has 3 rings (SSSR count). The molecule has 0 aromatic heterocycles. The van der Waals surface area contributed by atoms with Crippen LogP contribution in [0.15, 0.2) is 84.9 Å². The maximum absolute atomic E-state index is 12.2. The predicted octanol–water partition coefficient (Wildman–Crippen LogP) is 4.81. The minimum absolute atomic E-state index is 0.121. The third-order valence-electron chi connectivity index (χ3n) is 3.88. The lowest BCUT2D eigenvalue weighted by Crippen LogP contribution is -2.08. The van der Waals surface area contributed by atoms with Gasteiger partial charge < -0.3 is 9.47 Å². The van der Waals surface area contributed by atoms with Crippen molar-refractivity contribution in [2.45, 2.75) is 0 Å². The average Bonchev–Trinajstić information content (AvgIpc) is 2.73. The number of methoxy groups -OCH3 is 1. The highest BCUT2D eigenvalue weighted by Gasteiger charge is 2.10. The molecule has 0 atom stereocenters. The summed E-state index contributed by atoms with van der Waals surface area (Å²) in [6.45, 7) is 0. The largest absolute Gasteiger partial charge is 0.497 e. The van der Waals surface area contributed by atoms with Crippen LogP contribution in [0, 0.1) is 0 Å². The van der Waals surface area contributed by atoms with Gasteiger partial charge in [-0.05, 0) is 54.1 Å². The van der Waals surface area contributed by atoms with Crippen molar-refractivity contribution in [1.82, 2.24) is 0 Å². The van der Waals surface area contributed by atoms with Crippen molar-refractivity contribution in [1.29, 1.82) is 0 Å². The summed E-state index contributed by atoms with van der Waals surface area (Å²) in [5.41, 5.74) is 1.86. The molecule has 4 heteroatoms. The smallest absolute Gasteiger partial charge is 0.343 e. The number of allylic oxidation sites excluding steroid dienone is 1. The molecule has 0 heterocycles. The Kier molecular flexibility index (Phi) is 5.80. The molecule has 0 aliphatic rings. The van der Waals surface area contributed by atoms with Gasteiger partial charge in [-0.15, -0.1) is 0 Å². The fraction of sp³-hybridized carbons (Fsp3) is 0.0435. The predicted molar refractivity (Wildman–Crippen MR) is 104 cm³/mol. The first-order chi connectivity index (χ1) is 13.2. The van der Waals surface area contributed by atoms with Crippen molar-refractivity contribution in [2.24, 2.45) is 0 Å². The maximum Gasteiger partial charge on any atom is 0.343 e. The van der Waals surface area contributed by atoms with Crippen LogP contribution >= 0.6 is 0 Å². The van der Waals surface area contributed by atoms with Crippen molar-refractivity contribution in [3.05, 3.63) is 102 Å². The first kappa shape index (κ1) is 18.1. The van der Waals surface area contributed by atoms with Crippen LogP contribution in [-0.2, 0) is 0 Å². The Bertz CT molecular complexity index is 957. The van der Waals surface area contributed by atoms with Crippen LogP contribution in [-0.4, -0.2) is 18.9 Å². The van der Waals surface area contributed by atoms with Crippen molar-refractivity contribution < 1.29 is 19.1 Å². The summed E-state index contributed by atoms with van der Waals surface area (Å²) in [4.78, 5) is 24.4. The molecule has 3 aromatic carbocycles. The zero-order valence-corrected chi connectivity index (χ0v) is 14.8. The van der Waals surface area contributed by atoms with Crippen molar-refractivity contribution in [2.75, 3.05) is 7.11 Å². The molecule has 0 saturated carbocycles. The monoisotopic (exact) mass is 358 g/mol. The molecule has 0 radical (unpaired) electrons. The Balaban J connectivity index is 1.65. The van der Waals surface area contributed by atoms with E-state index in [1.165, 1.54) is 13.2 Å². The lowest BCUT2D eigenvalue weighted by molar-refractivity contribution is 0.0734. The molecule has 0 N–H and O–H groups in total. The van der Waals surface area contributed by atoms with Crippen molar-refractivity contribution in [3.63, 3.8) is 0 Å². The summed E-state index contributed by atoms with van der Waals surface area (Å²) in [5.74, 6) is 0.337. The van der Waals surface area contributed by atoms with E-state index in [-0.39, 0.29) is 5.78 Å². The van der Waals surface area contributed by atoms with E-state index in [1.54, 1.807) is 54.6 Å². The number of carbonyl (C=O) groups is 2. The second kappa shape index (κ2) is 8.63. The van der Waals surface area contributed by atoms with Crippen LogP contribution in [0.1, 0.15) is 26.3 Å². The van der Waals surface area contributed by atoms with Gasteiger partial charge in [-0.25, -0.2) is 4.79 Å². The molecular formula is C23H18O4. The summed E-state index contributed by atoms with van der Waals surface area (Å²) in [7, 11) is 1.53. The Morgan fingerprint density at radius 1 is 0.778 bits per heavy atom. The normalized spacial score (nSPS) is 10.6. The minimum Gasteiger partial charge on any atom is -0.497 e. The standard InChI is InChI=1S/C23H18O4/c1-26-21-9-5-8-19(16-21)23(25)27-20-13-11-18(12-14-20)22(24)15-10-17-6-3-2-4-7-17/h2-16H,1H3. The van der Waals surface area contributed by atoms with Gasteiger partial charge in [0.1, 0.15) is 11.5 Å². The molecule has 0 aliphatic heterocycles. The minimum atomic E-state index is -0.489. The van der Waals surface area contributed by atoms with Gasteiger partial charge in [0.2, 0.25) is 0 Å². The van der Waals surface area contributed by atoms with E-state index in [1.807, 2.05) is 30.3 Å². The number of ether oxygens (including phenoxy) is 2. The molecule has 3 aromatic rings. The molecule has 27 heavy (non-hydrogen) atoms. The zero-order chi connectivity index (χ0) is 19.1. The zero-order valence-electron chi connectivity index (χ0n) is 14.8. The SMILES string of the molecule is COc1cccc(C(=O)Oc2ccc(C(=O)C=Cc3ccccc3)cc2)c1. The molecule has 0 spiro atoms. The van der Waals surface area contributed by atoms with E-state index < -0.39 is 5.97 Å². The first-order valence-corrected chi connectivity index (χ1v) is 8.39. The second-order valence-corrected chi connectivity index (χ2v) is 5.75. The molecule has 0 aliphatic carbocycles. The molecular weight excluding hydrogens is 340 g/mol. The molecule has 0 amide bonds. The van der Waals surface area contributed by atoms with Gasteiger partial charge in [0.15, 0.2) is 5.78 Å². The number of esters is 1. The fourth-order valence-electron chi connectivity index (χ4n) is 2.44. The topological polar surface area (TPSA) is 52.6 Å². The van der Waals surface area contributed by atoms with Crippen molar-refractivity contribution >= 4 is 17.8 Å². The van der Waals surface area contributed by atoms with Gasteiger partial charge in [0, 0.05) is 5.56 Å². The van der Waals surface area contributed by atoms with Crippen LogP contribution in [0.3, 0.4) is 0 Å². The van der Waals surface area contributed by atoms with E-state index in [2.05, 4.69) is 0 Å². The number of ketones is 1. The highest BCUT2D eigenvalue weighted by atomic mass is 16.5. The maximum atomic E-state index is 12.2. The Hall–Kier alpha value is -3.66. The van der Waals surface area contributed by atoms with Crippen LogP contribution < -0.4 is 9.47 Å². The van der Waals surface area contributed by atoms with Gasteiger partial charge in [0.05, 0.1) is 12.7 Å². The molecule has 0 bridgehead atoms. The fourth-order valence-corrected chi connectivity index (χ4v) is 2.44. The quantitative estimate of drug-likeness (QED) is 0.275. The van der Waals surface area contributed by atoms with Crippen LogP contribution in [0.5, 0.6) is 11.5 Å². The lowest BCUT2D eigenvalue weighted by atomic mass is 10.1. The highest BCUT2D eigenvalue weighted by molar-refractivity contribution is 6.06. The number of benzene rings is 3. The van der Waals surface area contributed by atoms with Gasteiger partial charge in [-0.3, -0.25) is 4.79 Å². The number of carbonyl (C=O) groups excluding carboxylic acids is 2. The average molecular weight is 358 g/mol. The van der Waals surface area contributed by atoms with Gasteiger partial charge in [0.25, 0.3) is 0 Å². The molecule has 134 valence electrons. The third-order valence-corrected chi connectivity index (χ3v) is 3.88. The molecule has 4 nitrogen and oxygen atoms in total. The Morgan fingerprint density at radius 2 is 1.52 bits per heavy atom. The lowest BCUT2D eigenvalue weighted by Gasteiger charge is -2.06. The molecule has 0 saturated heterocycles. The van der Waals surface area contributed by atoms with E-state index in [9.17, 15) is 9.59 Å². The summed E-state index contributed by atoms with van der Waals surface area (Å²) in [6.07, 6.45) is 3.28. The Morgan fingerprint density at radius 3 is 2.22 bits per heavy atom. The first-order valence-electron chi connectivity index (χ1n) is 8.39. The van der Waals surface area contributed by atoms with Crippen LogP contribution in [0.4, 0.5) is 0 Å². The highest BCUT2D eigenvalue weighted by Crippen LogP contribution is 2.18. The van der Waals surface area contributed by atoms with Gasteiger partial charge >= 0.3 is 5.97 Å².